The number of phenolic OH excluding ortho intramolecular Hbond substituents is 2. The average molecular weight is 380 g/mol. The lowest BCUT2D eigenvalue weighted by atomic mass is 10.1. The Hall–Kier alpha value is -2.92. The number of benzene rings is 3. The molecule has 0 aliphatic carbocycles. The summed E-state index contributed by atoms with van der Waals surface area (Å²) in [7, 11) is 0. The normalized spacial score (nSPS) is 15.7. The summed E-state index contributed by atoms with van der Waals surface area (Å²) in [5.41, 5.74) is 1.97. The van der Waals surface area contributed by atoms with Gasteiger partial charge < -0.3 is 14.9 Å². The summed E-state index contributed by atoms with van der Waals surface area (Å²) in [6, 6.07) is 18.2. The fourth-order valence-electron chi connectivity index (χ4n) is 2.95. The highest BCUT2D eigenvalue weighted by Crippen LogP contribution is 2.43. The third kappa shape index (κ3) is 4.09. The fourth-order valence-corrected chi connectivity index (χ4v) is 4.14. The van der Waals surface area contributed by atoms with Crippen LogP contribution in [0.25, 0.3) is 0 Å². The van der Waals surface area contributed by atoms with Gasteiger partial charge in [-0.1, -0.05) is 30.0 Å². The SMILES string of the molecule is Oc1ccc(OC2C=C(Cc3ccc(F)cc3)Sc3cc(O)ccc32)cc1. The molecular weight excluding hydrogens is 363 g/mol. The maximum Gasteiger partial charge on any atom is 0.144 e. The minimum atomic E-state index is -0.318. The number of thioether (sulfide) groups is 1. The zero-order valence-electron chi connectivity index (χ0n) is 14.3. The van der Waals surface area contributed by atoms with E-state index in [-0.39, 0.29) is 23.4 Å². The van der Waals surface area contributed by atoms with E-state index in [0.717, 1.165) is 20.9 Å². The molecule has 1 heterocycles. The molecule has 3 aromatic rings. The van der Waals surface area contributed by atoms with Gasteiger partial charge >= 0.3 is 0 Å². The molecular formula is C22H17FO3S. The van der Waals surface area contributed by atoms with Crippen molar-refractivity contribution in [1.29, 1.82) is 0 Å². The van der Waals surface area contributed by atoms with Crippen molar-refractivity contribution in [2.45, 2.75) is 17.4 Å². The Bertz CT molecular complexity index is 981. The number of rotatable bonds is 4. The summed E-state index contributed by atoms with van der Waals surface area (Å²) in [4.78, 5) is 1.99. The van der Waals surface area contributed by atoms with E-state index in [0.29, 0.717) is 12.2 Å². The molecule has 1 unspecified atom stereocenters. The van der Waals surface area contributed by atoms with Crippen molar-refractivity contribution < 1.29 is 19.3 Å². The first-order valence-electron chi connectivity index (χ1n) is 8.48. The molecule has 2 N–H and O–H groups in total. The van der Waals surface area contributed by atoms with Crippen LogP contribution in [0.2, 0.25) is 0 Å². The molecule has 0 spiro atoms. The van der Waals surface area contributed by atoms with Gasteiger partial charge in [0.15, 0.2) is 0 Å². The lowest BCUT2D eigenvalue weighted by molar-refractivity contribution is 0.250. The molecule has 5 heteroatoms. The Morgan fingerprint density at radius 1 is 0.889 bits per heavy atom. The number of aromatic hydroxyl groups is 2. The highest BCUT2D eigenvalue weighted by molar-refractivity contribution is 8.03. The quantitative estimate of drug-likeness (QED) is 0.619. The fraction of sp³-hybridized carbons (Fsp3) is 0.0909. The van der Waals surface area contributed by atoms with Crippen molar-refractivity contribution in [3.8, 4) is 17.2 Å². The molecule has 0 amide bonds. The molecule has 0 saturated heterocycles. The van der Waals surface area contributed by atoms with Crippen molar-refractivity contribution in [2.24, 2.45) is 0 Å². The summed E-state index contributed by atoms with van der Waals surface area (Å²) in [5.74, 6) is 0.765. The lowest BCUT2D eigenvalue weighted by Gasteiger charge is -2.25. The highest BCUT2D eigenvalue weighted by atomic mass is 32.2. The number of hydrogen-bond acceptors (Lipinski definition) is 4. The first-order chi connectivity index (χ1) is 13.1. The largest absolute Gasteiger partial charge is 0.508 e. The molecule has 3 nitrogen and oxygen atoms in total. The van der Waals surface area contributed by atoms with E-state index in [2.05, 4.69) is 0 Å². The van der Waals surface area contributed by atoms with E-state index < -0.39 is 0 Å². The Labute approximate surface area is 160 Å². The second-order valence-electron chi connectivity index (χ2n) is 6.29. The van der Waals surface area contributed by atoms with Gasteiger partial charge in [-0.05, 0) is 65.1 Å². The van der Waals surface area contributed by atoms with Crippen molar-refractivity contribution in [2.75, 3.05) is 0 Å². The summed E-state index contributed by atoms with van der Waals surface area (Å²) >= 11 is 1.57. The Morgan fingerprint density at radius 2 is 1.59 bits per heavy atom. The number of fused-ring (bicyclic) bond motifs is 1. The molecule has 27 heavy (non-hydrogen) atoms. The van der Waals surface area contributed by atoms with Crippen LogP contribution in [0.5, 0.6) is 17.2 Å². The second kappa shape index (κ2) is 7.37. The highest BCUT2D eigenvalue weighted by Gasteiger charge is 2.23. The number of ether oxygens (including phenoxy) is 1. The molecule has 0 fully saturated rings. The third-order valence-electron chi connectivity index (χ3n) is 4.27. The third-order valence-corrected chi connectivity index (χ3v) is 5.39. The minimum Gasteiger partial charge on any atom is -0.508 e. The summed E-state index contributed by atoms with van der Waals surface area (Å²) < 4.78 is 19.3. The van der Waals surface area contributed by atoms with Crippen molar-refractivity contribution in [1.82, 2.24) is 0 Å². The molecule has 0 saturated carbocycles. The topological polar surface area (TPSA) is 49.7 Å². The number of phenols is 2. The van der Waals surface area contributed by atoms with Gasteiger partial charge in [-0.2, -0.15) is 0 Å². The molecule has 1 atom stereocenters. The Morgan fingerprint density at radius 3 is 2.33 bits per heavy atom. The van der Waals surface area contributed by atoms with Gasteiger partial charge in [0, 0.05) is 16.9 Å². The molecule has 0 radical (unpaired) electrons. The molecule has 136 valence electrons. The minimum absolute atomic E-state index is 0.180. The average Bonchev–Trinajstić information content (AvgIpc) is 2.65. The van der Waals surface area contributed by atoms with Gasteiger partial charge in [-0.15, -0.1) is 0 Å². The van der Waals surface area contributed by atoms with Crippen molar-refractivity contribution in [3.05, 3.63) is 94.7 Å². The summed E-state index contributed by atoms with van der Waals surface area (Å²) in [6.07, 6.45) is 2.37. The van der Waals surface area contributed by atoms with Gasteiger partial charge in [-0.25, -0.2) is 4.39 Å². The van der Waals surface area contributed by atoms with Gasteiger partial charge in [0.25, 0.3) is 0 Å². The van der Waals surface area contributed by atoms with E-state index in [9.17, 15) is 14.6 Å². The lowest BCUT2D eigenvalue weighted by Crippen LogP contribution is -2.10. The van der Waals surface area contributed by atoms with Crippen LogP contribution in [0, 0.1) is 5.82 Å². The van der Waals surface area contributed by atoms with Gasteiger partial charge in [0.2, 0.25) is 0 Å². The van der Waals surface area contributed by atoms with Crippen LogP contribution in [0.4, 0.5) is 4.39 Å². The molecule has 1 aliphatic heterocycles. The zero-order chi connectivity index (χ0) is 18.8. The van der Waals surface area contributed by atoms with Crippen LogP contribution < -0.4 is 4.74 Å². The first kappa shape index (κ1) is 17.5. The number of allylic oxidation sites excluding steroid dienone is 1. The van der Waals surface area contributed by atoms with Crippen LogP contribution in [0.1, 0.15) is 17.2 Å². The van der Waals surface area contributed by atoms with Gasteiger partial charge in [0.05, 0.1) is 0 Å². The van der Waals surface area contributed by atoms with Crippen LogP contribution in [0.15, 0.2) is 82.6 Å². The second-order valence-corrected chi connectivity index (χ2v) is 7.46. The standard InChI is InChI=1S/C22H17FO3S/c23-15-3-1-14(2-4-15)11-19-13-21(26-18-8-5-16(24)6-9-18)20-10-7-17(25)12-22(20)27-19/h1-10,12-13,21,24-25H,11H2. The summed E-state index contributed by atoms with van der Waals surface area (Å²) in [5, 5.41) is 19.3. The van der Waals surface area contributed by atoms with Crippen LogP contribution in [-0.4, -0.2) is 10.2 Å². The monoisotopic (exact) mass is 380 g/mol. The van der Waals surface area contributed by atoms with Crippen molar-refractivity contribution in [3.63, 3.8) is 0 Å². The number of hydrogen-bond donors (Lipinski definition) is 2. The van der Waals surface area contributed by atoms with Gasteiger partial charge in [0.1, 0.15) is 29.2 Å². The number of halogens is 1. The van der Waals surface area contributed by atoms with Crippen LogP contribution in [-0.2, 0) is 6.42 Å². The predicted octanol–water partition coefficient (Wildman–Crippen LogP) is 5.59. The van der Waals surface area contributed by atoms with E-state index in [1.165, 1.54) is 12.1 Å². The summed E-state index contributed by atoms with van der Waals surface area (Å²) in [6.45, 7) is 0. The maximum absolute atomic E-state index is 13.2. The van der Waals surface area contributed by atoms with Crippen LogP contribution >= 0.6 is 11.8 Å². The Balaban J connectivity index is 1.64. The molecule has 0 bridgehead atoms. The molecule has 3 aromatic carbocycles. The smallest absolute Gasteiger partial charge is 0.144 e. The van der Waals surface area contributed by atoms with E-state index in [1.807, 2.05) is 12.1 Å². The molecule has 4 rings (SSSR count). The molecule has 1 aliphatic rings. The van der Waals surface area contributed by atoms with E-state index >= 15 is 0 Å². The van der Waals surface area contributed by atoms with E-state index in [4.69, 9.17) is 4.74 Å². The van der Waals surface area contributed by atoms with Gasteiger partial charge in [-0.3, -0.25) is 0 Å². The van der Waals surface area contributed by atoms with Crippen molar-refractivity contribution >= 4 is 11.8 Å². The first-order valence-corrected chi connectivity index (χ1v) is 9.30. The predicted molar refractivity (Wildman–Crippen MR) is 104 cm³/mol. The van der Waals surface area contributed by atoms with E-state index in [1.54, 1.807) is 60.3 Å². The molecule has 0 aromatic heterocycles. The Kier molecular flexibility index (Phi) is 4.77. The van der Waals surface area contributed by atoms with Crippen LogP contribution in [0.3, 0.4) is 0 Å². The maximum atomic E-state index is 13.2. The zero-order valence-corrected chi connectivity index (χ0v) is 15.1.